The number of aliphatic imine (C=N–C) groups is 1. The topological polar surface area (TPSA) is 65.8 Å². The first-order valence-electron chi connectivity index (χ1n) is 15.2. The number of likely N-dealkylation sites (tertiary alicyclic amines) is 1. The Balaban J connectivity index is 1.44. The van der Waals surface area contributed by atoms with Gasteiger partial charge in [-0.25, -0.2) is 4.39 Å². The van der Waals surface area contributed by atoms with Crippen molar-refractivity contribution in [2.75, 3.05) is 13.1 Å². The summed E-state index contributed by atoms with van der Waals surface area (Å²) in [4.78, 5) is 25.8. The van der Waals surface area contributed by atoms with Gasteiger partial charge in [0.2, 0.25) is 0 Å². The molecule has 7 heteroatoms. The molecule has 1 saturated heterocycles. The summed E-state index contributed by atoms with van der Waals surface area (Å²) in [5.41, 5.74) is 5.28. The molecule has 0 spiro atoms. The highest BCUT2D eigenvalue weighted by molar-refractivity contribution is 6.32. The van der Waals surface area contributed by atoms with Crippen LogP contribution in [-0.2, 0) is 0 Å². The number of rotatable bonds is 5. The number of ketones is 1. The first kappa shape index (κ1) is 28.6. The molecule has 2 aliphatic carbocycles. The number of aromatic hydroxyl groups is 1. The molecule has 2 aromatic carbocycles. The fraction of sp³-hybridized carbons (Fsp3) is 0.400. The minimum Gasteiger partial charge on any atom is -0.504 e. The molecule has 3 aliphatic rings. The van der Waals surface area contributed by atoms with E-state index in [2.05, 4.69) is 35.0 Å². The average Bonchev–Trinajstić information content (AvgIpc) is 3.80. The summed E-state index contributed by atoms with van der Waals surface area (Å²) < 4.78 is 14.4. The van der Waals surface area contributed by atoms with Crippen molar-refractivity contribution in [1.82, 2.24) is 9.88 Å². The largest absolute Gasteiger partial charge is 0.504 e. The van der Waals surface area contributed by atoms with Crippen molar-refractivity contribution in [1.29, 1.82) is 0 Å². The molecule has 6 rings (SSSR count). The minimum absolute atomic E-state index is 0.0184. The molecule has 1 N–H and O–H groups in total. The van der Waals surface area contributed by atoms with Crippen LogP contribution in [-0.4, -0.2) is 39.6 Å². The number of aromatic nitrogens is 1. The van der Waals surface area contributed by atoms with Crippen LogP contribution in [0.3, 0.4) is 0 Å². The van der Waals surface area contributed by atoms with Crippen LogP contribution in [0, 0.1) is 17.7 Å². The monoisotopic (exact) mass is 585 g/mol. The molecule has 5 nitrogen and oxygen atoms in total. The summed E-state index contributed by atoms with van der Waals surface area (Å²) in [5, 5.41) is 10.5. The minimum atomic E-state index is -0.786. The molecule has 0 radical (unpaired) electrons. The second-order valence-electron chi connectivity index (χ2n) is 12.0. The van der Waals surface area contributed by atoms with Crippen LogP contribution in [0.1, 0.15) is 75.1 Å². The summed E-state index contributed by atoms with van der Waals surface area (Å²) in [7, 11) is 0. The second-order valence-corrected chi connectivity index (χ2v) is 12.5. The quantitative estimate of drug-likeness (QED) is 0.303. The number of fused-ring (bicyclic) bond motifs is 1. The molecule has 1 unspecified atom stereocenters. The zero-order chi connectivity index (χ0) is 29.2. The molecule has 0 amide bonds. The molecule has 1 saturated carbocycles. The highest BCUT2D eigenvalue weighted by Gasteiger charge is 2.32. The molecule has 42 heavy (non-hydrogen) atoms. The molecule has 3 aromatic rings. The van der Waals surface area contributed by atoms with E-state index in [1.54, 1.807) is 6.20 Å². The van der Waals surface area contributed by atoms with Crippen molar-refractivity contribution in [2.24, 2.45) is 16.8 Å². The Morgan fingerprint density at radius 1 is 1.05 bits per heavy atom. The standard InChI is InChI=1S/C35H37ClFN3O2/c1-22-7-12-27(40-15-5-3-2-4-6-16-40)13-11-26(17-22)39-33-28-18-24(25-19-30(36)35(42)31(37)20-25)10-14-32(28)38-21-29(33)34(41)23-8-9-23/h10-14,18-23,42H,2-9,15-17H2,1H3/b13-11-,27-12?,39-26?. The highest BCUT2D eigenvalue weighted by Crippen LogP contribution is 2.40. The number of carbonyl (C=O) groups is 1. The van der Waals surface area contributed by atoms with E-state index in [0.717, 1.165) is 49.9 Å². The Morgan fingerprint density at radius 2 is 1.81 bits per heavy atom. The lowest BCUT2D eigenvalue weighted by atomic mass is 9.95. The van der Waals surface area contributed by atoms with E-state index in [1.165, 1.54) is 49.9 Å². The van der Waals surface area contributed by atoms with Gasteiger partial charge in [0.15, 0.2) is 17.3 Å². The first-order valence-corrected chi connectivity index (χ1v) is 15.6. The molecule has 218 valence electrons. The highest BCUT2D eigenvalue weighted by atomic mass is 35.5. The number of benzene rings is 2. The van der Waals surface area contributed by atoms with Crippen molar-refractivity contribution in [3.8, 4) is 16.9 Å². The summed E-state index contributed by atoms with van der Waals surface area (Å²) in [5.74, 6) is -0.860. The normalized spacial score (nSPS) is 21.8. The van der Waals surface area contributed by atoms with Gasteiger partial charge in [-0.3, -0.25) is 14.8 Å². The number of carbonyl (C=O) groups excluding carboxylic acids is 1. The number of hydrogen-bond acceptors (Lipinski definition) is 5. The Labute approximate surface area is 251 Å². The van der Waals surface area contributed by atoms with Crippen molar-refractivity contribution in [3.63, 3.8) is 0 Å². The van der Waals surface area contributed by atoms with Gasteiger partial charge in [-0.2, -0.15) is 0 Å². The van der Waals surface area contributed by atoms with Gasteiger partial charge in [0, 0.05) is 42.0 Å². The van der Waals surface area contributed by atoms with Gasteiger partial charge in [0.05, 0.1) is 21.8 Å². The number of halogens is 2. The lowest BCUT2D eigenvalue weighted by molar-refractivity contribution is 0.0968. The first-order chi connectivity index (χ1) is 20.4. The molecule has 2 heterocycles. The summed E-state index contributed by atoms with van der Waals surface area (Å²) >= 11 is 6.10. The van der Waals surface area contributed by atoms with E-state index in [0.29, 0.717) is 33.8 Å². The fourth-order valence-electron chi connectivity index (χ4n) is 6.00. The number of hydrogen-bond donors (Lipinski definition) is 1. The maximum Gasteiger partial charge on any atom is 0.170 e. The Hall–Kier alpha value is -3.51. The molecule has 1 aliphatic heterocycles. The molecular weight excluding hydrogens is 549 g/mol. The number of phenols is 1. The molecule has 1 aromatic heterocycles. The van der Waals surface area contributed by atoms with Crippen molar-refractivity contribution in [2.45, 2.75) is 64.7 Å². The van der Waals surface area contributed by atoms with Crippen LogP contribution in [0.4, 0.5) is 10.1 Å². The van der Waals surface area contributed by atoms with E-state index < -0.39 is 11.6 Å². The van der Waals surface area contributed by atoms with Gasteiger partial charge in [-0.1, -0.05) is 49.9 Å². The van der Waals surface area contributed by atoms with E-state index in [9.17, 15) is 14.3 Å². The number of allylic oxidation sites excluding steroid dienone is 3. The summed E-state index contributed by atoms with van der Waals surface area (Å²) in [6.07, 6.45) is 18.2. The number of nitrogens with zero attached hydrogens (tertiary/aromatic N) is 3. The SMILES string of the molecule is CC1CC=C(N2CCCCCCC2)/C=C\C(=Nc2c(C(=O)C3CC3)cnc3ccc(-c4cc(F)c(O)c(Cl)c4)cc23)C1. The predicted octanol–water partition coefficient (Wildman–Crippen LogP) is 9.20. The third kappa shape index (κ3) is 6.29. The van der Waals surface area contributed by atoms with Crippen LogP contribution < -0.4 is 0 Å². The lowest BCUT2D eigenvalue weighted by Crippen LogP contribution is -2.26. The van der Waals surface area contributed by atoms with Crippen LogP contribution >= 0.6 is 11.6 Å². The predicted molar refractivity (Wildman–Crippen MR) is 168 cm³/mol. The van der Waals surface area contributed by atoms with E-state index in [1.807, 2.05) is 18.2 Å². The third-order valence-electron chi connectivity index (χ3n) is 8.61. The number of pyridine rings is 1. The van der Waals surface area contributed by atoms with Gasteiger partial charge in [-0.05, 0) is 92.0 Å². The van der Waals surface area contributed by atoms with Gasteiger partial charge in [-0.15, -0.1) is 0 Å². The molecular formula is C35H37ClFN3O2. The maximum atomic E-state index is 14.4. The summed E-state index contributed by atoms with van der Waals surface area (Å²) in [6.45, 7) is 4.41. The third-order valence-corrected chi connectivity index (χ3v) is 8.90. The number of Topliss-reactive ketones (excluding diaryl/α,β-unsaturated/α-hetero) is 1. The average molecular weight is 586 g/mol. The number of phenolic OH excluding ortho intramolecular Hbond substituents is 1. The molecule has 0 bridgehead atoms. The van der Waals surface area contributed by atoms with Crippen molar-refractivity contribution < 1.29 is 14.3 Å². The van der Waals surface area contributed by atoms with Crippen LogP contribution in [0.2, 0.25) is 5.02 Å². The van der Waals surface area contributed by atoms with Gasteiger partial charge in [0.1, 0.15) is 0 Å². The van der Waals surface area contributed by atoms with E-state index in [4.69, 9.17) is 16.6 Å². The second kappa shape index (κ2) is 12.4. The van der Waals surface area contributed by atoms with E-state index >= 15 is 0 Å². The Kier molecular flexibility index (Phi) is 8.43. The zero-order valence-electron chi connectivity index (χ0n) is 24.1. The smallest absolute Gasteiger partial charge is 0.170 e. The lowest BCUT2D eigenvalue weighted by Gasteiger charge is -2.29. The summed E-state index contributed by atoms with van der Waals surface area (Å²) in [6, 6.07) is 8.40. The van der Waals surface area contributed by atoms with Crippen molar-refractivity contribution >= 4 is 39.7 Å². The zero-order valence-corrected chi connectivity index (χ0v) is 24.8. The van der Waals surface area contributed by atoms with Crippen LogP contribution in [0.5, 0.6) is 5.75 Å². The Bertz CT molecular complexity index is 1580. The van der Waals surface area contributed by atoms with Gasteiger partial charge >= 0.3 is 0 Å². The van der Waals surface area contributed by atoms with Gasteiger partial charge < -0.3 is 10.0 Å². The van der Waals surface area contributed by atoms with Gasteiger partial charge in [0.25, 0.3) is 0 Å². The van der Waals surface area contributed by atoms with Crippen molar-refractivity contribution in [3.05, 3.63) is 76.9 Å². The van der Waals surface area contributed by atoms with Crippen LogP contribution in [0.25, 0.3) is 22.0 Å². The van der Waals surface area contributed by atoms with Crippen LogP contribution in [0.15, 0.2) is 65.4 Å². The molecule has 1 atom stereocenters. The maximum absolute atomic E-state index is 14.4. The molecule has 2 fully saturated rings. The Morgan fingerprint density at radius 3 is 2.55 bits per heavy atom. The fourth-order valence-corrected chi connectivity index (χ4v) is 6.21. The van der Waals surface area contributed by atoms with E-state index in [-0.39, 0.29) is 16.7 Å².